The number of carbonyl (C=O) groups is 1. The molecule has 2 aromatic rings. The number of methoxy groups -OCH3 is 1. The highest BCUT2D eigenvalue weighted by Crippen LogP contribution is 2.19. The van der Waals surface area contributed by atoms with Crippen molar-refractivity contribution in [2.75, 3.05) is 7.11 Å². The second-order valence-electron chi connectivity index (χ2n) is 4.31. The van der Waals surface area contributed by atoms with Gasteiger partial charge in [-0.15, -0.1) is 5.10 Å². The van der Waals surface area contributed by atoms with Crippen molar-refractivity contribution >= 4 is 5.97 Å². The number of esters is 1. The number of rotatable bonds is 5. The van der Waals surface area contributed by atoms with E-state index in [9.17, 15) is 4.79 Å². The summed E-state index contributed by atoms with van der Waals surface area (Å²) in [5.74, 6) is -0.565. The van der Waals surface area contributed by atoms with Crippen LogP contribution in [0.25, 0.3) is 0 Å². The van der Waals surface area contributed by atoms with Crippen molar-refractivity contribution in [3.05, 3.63) is 42.2 Å². The van der Waals surface area contributed by atoms with Gasteiger partial charge in [-0.05, 0) is 18.6 Å². The van der Waals surface area contributed by atoms with Gasteiger partial charge in [-0.3, -0.25) is 4.98 Å². The van der Waals surface area contributed by atoms with Crippen molar-refractivity contribution in [3.63, 3.8) is 0 Å². The fraction of sp³-hybridized carbons (Fsp3) is 0.385. The number of ether oxygens (including phenoxy) is 1. The summed E-state index contributed by atoms with van der Waals surface area (Å²) in [5, 5.41) is 4.14. The van der Waals surface area contributed by atoms with Gasteiger partial charge >= 0.3 is 5.97 Å². The van der Waals surface area contributed by atoms with Crippen molar-refractivity contribution < 1.29 is 9.53 Å². The van der Waals surface area contributed by atoms with Gasteiger partial charge in [0.25, 0.3) is 5.82 Å². The lowest BCUT2D eigenvalue weighted by Crippen LogP contribution is -2.33. The molecule has 2 unspecified atom stereocenters. The van der Waals surface area contributed by atoms with Gasteiger partial charge in [0.05, 0.1) is 12.8 Å². The highest BCUT2D eigenvalue weighted by Gasteiger charge is 2.24. The maximum absolute atomic E-state index is 11.4. The molecule has 0 radical (unpaired) electrons. The van der Waals surface area contributed by atoms with Gasteiger partial charge in [0.1, 0.15) is 12.4 Å². The molecule has 7 nitrogen and oxygen atoms in total. The summed E-state index contributed by atoms with van der Waals surface area (Å²) in [5.41, 5.74) is 6.94. The molecule has 0 aliphatic rings. The van der Waals surface area contributed by atoms with E-state index in [1.54, 1.807) is 10.9 Å². The minimum Gasteiger partial charge on any atom is -0.463 e. The van der Waals surface area contributed by atoms with E-state index in [-0.39, 0.29) is 17.9 Å². The van der Waals surface area contributed by atoms with Crippen LogP contribution in [-0.4, -0.2) is 38.9 Å². The molecule has 0 fully saturated rings. The number of hydrogen-bond donors (Lipinski definition) is 1. The lowest BCUT2D eigenvalue weighted by atomic mass is 10.0. The Morgan fingerprint density at radius 2 is 2.25 bits per heavy atom. The van der Waals surface area contributed by atoms with Gasteiger partial charge in [0.15, 0.2) is 0 Å². The molecule has 0 aromatic carbocycles. The third-order valence-corrected chi connectivity index (χ3v) is 3.03. The van der Waals surface area contributed by atoms with E-state index in [0.717, 1.165) is 12.1 Å². The molecule has 2 atom stereocenters. The summed E-state index contributed by atoms with van der Waals surface area (Å²) >= 11 is 0. The molecule has 0 aliphatic heterocycles. The molecular weight excluding hydrogens is 258 g/mol. The van der Waals surface area contributed by atoms with E-state index in [1.165, 1.54) is 13.4 Å². The molecule has 2 N–H and O–H groups in total. The Bertz CT molecular complexity index is 569. The van der Waals surface area contributed by atoms with Crippen LogP contribution in [0.5, 0.6) is 0 Å². The van der Waals surface area contributed by atoms with Gasteiger partial charge in [-0.1, -0.05) is 13.0 Å². The van der Waals surface area contributed by atoms with Crippen LogP contribution in [-0.2, 0) is 4.74 Å². The second-order valence-corrected chi connectivity index (χ2v) is 4.31. The Balaban J connectivity index is 2.37. The Morgan fingerprint density at radius 1 is 1.45 bits per heavy atom. The summed E-state index contributed by atoms with van der Waals surface area (Å²) in [7, 11) is 1.29. The van der Waals surface area contributed by atoms with Crippen molar-refractivity contribution in [3.8, 4) is 0 Å². The van der Waals surface area contributed by atoms with E-state index in [0.29, 0.717) is 0 Å². The molecule has 7 heteroatoms. The average Bonchev–Trinajstić information content (AvgIpc) is 2.97. The quantitative estimate of drug-likeness (QED) is 0.810. The van der Waals surface area contributed by atoms with Gasteiger partial charge in [-0.2, -0.15) is 0 Å². The zero-order valence-electron chi connectivity index (χ0n) is 11.4. The normalized spacial score (nSPS) is 13.8. The first-order valence-corrected chi connectivity index (χ1v) is 6.33. The molecular formula is C13H17N5O2. The highest BCUT2D eigenvalue weighted by molar-refractivity contribution is 5.84. The molecule has 0 saturated carbocycles. The molecule has 0 spiro atoms. The van der Waals surface area contributed by atoms with E-state index in [2.05, 4.69) is 19.8 Å². The molecule has 106 valence electrons. The van der Waals surface area contributed by atoms with Gasteiger partial charge in [0, 0.05) is 12.2 Å². The fourth-order valence-electron chi connectivity index (χ4n) is 1.92. The van der Waals surface area contributed by atoms with Crippen molar-refractivity contribution in [2.45, 2.75) is 25.4 Å². The number of nitrogens with zero attached hydrogens (tertiary/aromatic N) is 4. The summed E-state index contributed by atoms with van der Waals surface area (Å²) in [6.45, 7) is 1.98. The molecule has 0 saturated heterocycles. The van der Waals surface area contributed by atoms with Gasteiger partial charge in [0.2, 0.25) is 0 Å². The molecule has 2 aromatic heterocycles. The van der Waals surface area contributed by atoms with Crippen LogP contribution >= 0.6 is 0 Å². The smallest absolute Gasteiger partial charge is 0.377 e. The standard InChI is InChI=1S/C13H17N5O2/c1-3-9(14)11(10-6-4-5-7-15-10)18-8-16-12(17-18)13(19)20-2/h4-9,11H,3,14H2,1-2H3. The lowest BCUT2D eigenvalue weighted by molar-refractivity contribution is 0.0586. The minimum atomic E-state index is -0.575. The first-order valence-electron chi connectivity index (χ1n) is 6.33. The van der Waals surface area contributed by atoms with E-state index in [4.69, 9.17) is 5.73 Å². The third kappa shape index (κ3) is 2.83. The molecule has 0 amide bonds. The number of hydrogen-bond acceptors (Lipinski definition) is 6. The molecule has 0 bridgehead atoms. The largest absolute Gasteiger partial charge is 0.463 e. The third-order valence-electron chi connectivity index (χ3n) is 3.03. The maximum atomic E-state index is 11.4. The molecule has 20 heavy (non-hydrogen) atoms. The number of pyridine rings is 1. The Morgan fingerprint density at radius 3 is 2.85 bits per heavy atom. The van der Waals surface area contributed by atoms with E-state index in [1.807, 2.05) is 25.1 Å². The fourth-order valence-corrected chi connectivity index (χ4v) is 1.92. The Labute approximate surface area is 116 Å². The Kier molecular flexibility index (Phi) is 4.41. The van der Waals surface area contributed by atoms with Gasteiger partial charge < -0.3 is 10.5 Å². The predicted octanol–water partition coefficient (Wildman–Crippen LogP) is 0.786. The lowest BCUT2D eigenvalue weighted by Gasteiger charge is -2.22. The summed E-state index contributed by atoms with van der Waals surface area (Å²) in [6, 6.07) is 5.14. The van der Waals surface area contributed by atoms with Crippen LogP contribution in [0.1, 0.15) is 35.7 Å². The molecule has 2 rings (SSSR count). The van der Waals surface area contributed by atoms with Crippen molar-refractivity contribution in [1.29, 1.82) is 0 Å². The number of aromatic nitrogens is 4. The predicted molar refractivity (Wildman–Crippen MR) is 72.0 cm³/mol. The molecule has 2 heterocycles. The maximum Gasteiger partial charge on any atom is 0.377 e. The van der Waals surface area contributed by atoms with Crippen LogP contribution in [0.2, 0.25) is 0 Å². The number of nitrogens with two attached hydrogens (primary N) is 1. The first-order chi connectivity index (χ1) is 9.67. The van der Waals surface area contributed by atoms with Crippen molar-refractivity contribution in [1.82, 2.24) is 19.7 Å². The number of carbonyl (C=O) groups excluding carboxylic acids is 1. The second kappa shape index (κ2) is 6.25. The van der Waals surface area contributed by atoms with E-state index < -0.39 is 5.97 Å². The monoisotopic (exact) mass is 275 g/mol. The highest BCUT2D eigenvalue weighted by atomic mass is 16.5. The minimum absolute atomic E-state index is 0.0109. The van der Waals surface area contributed by atoms with E-state index >= 15 is 0 Å². The molecule has 0 aliphatic carbocycles. The average molecular weight is 275 g/mol. The zero-order chi connectivity index (χ0) is 14.5. The Hall–Kier alpha value is -2.28. The summed E-state index contributed by atoms with van der Waals surface area (Å²) < 4.78 is 6.16. The summed E-state index contributed by atoms with van der Waals surface area (Å²) in [6.07, 6.45) is 3.92. The van der Waals surface area contributed by atoms with Crippen LogP contribution < -0.4 is 5.73 Å². The van der Waals surface area contributed by atoms with Crippen molar-refractivity contribution in [2.24, 2.45) is 5.73 Å². The van der Waals surface area contributed by atoms with Crippen LogP contribution in [0.15, 0.2) is 30.7 Å². The summed E-state index contributed by atoms with van der Waals surface area (Å²) in [4.78, 5) is 19.7. The van der Waals surface area contributed by atoms with Crippen LogP contribution in [0, 0.1) is 0 Å². The van der Waals surface area contributed by atoms with Gasteiger partial charge in [-0.25, -0.2) is 14.5 Å². The SMILES string of the molecule is CCC(N)C(c1ccccn1)n1cnc(C(=O)OC)n1. The zero-order valence-corrected chi connectivity index (χ0v) is 11.4. The van der Waals surface area contributed by atoms with Crippen LogP contribution in [0.3, 0.4) is 0 Å². The first kappa shape index (κ1) is 14.1. The van der Waals surface area contributed by atoms with Crippen LogP contribution in [0.4, 0.5) is 0 Å². The topological polar surface area (TPSA) is 95.9 Å².